The lowest BCUT2D eigenvalue weighted by atomic mass is 9.86. The van der Waals surface area contributed by atoms with Crippen molar-refractivity contribution >= 4 is 28.1 Å². The van der Waals surface area contributed by atoms with Crippen molar-refractivity contribution in [1.29, 1.82) is 0 Å². The van der Waals surface area contributed by atoms with Gasteiger partial charge in [0, 0.05) is 36.4 Å². The van der Waals surface area contributed by atoms with E-state index in [1.807, 2.05) is 31.2 Å². The molecule has 0 saturated carbocycles. The molecule has 2 heterocycles. The largest absolute Gasteiger partial charge is 0.385 e. The summed E-state index contributed by atoms with van der Waals surface area (Å²) in [4.78, 5) is 15.5. The van der Waals surface area contributed by atoms with Crippen LogP contribution in [0.4, 0.5) is 11.4 Å². The molecule has 5 heteroatoms. The average Bonchev–Trinajstić information content (AvgIpc) is 3.31. The van der Waals surface area contributed by atoms with E-state index in [-0.39, 0.29) is 5.78 Å². The van der Waals surface area contributed by atoms with Crippen molar-refractivity contribution in [2.75, 3.05) is 29.9 Å². The van der Waals surface area contributed by atoms with Crippen LogP contribution in [0.3, 0.4) is 0 Å². The Hall–Kier alpha value is -2.82. The van der Waals surface area contributed by atoms with Crippen LogP contribution in [-0.4, -0.2) is 30.6 Å². The molecule has 1 fully saturated rings. The number of nitrogens with zero attached hydrogens (tertiary/aromatic N) is 2. The molecular formula is C20H19N3O2. The highest BCUT2D eigenvalue weighted by Crippen LogP contribution is 2.46. The first-order chi connectivity index (χ1) is 12.3. The number of benzene rings is 2. The second kappa shape index (κ2) is 5.34. The Morgan fingerprint density at radius 2 is 1.96 bits per heavy atom. The molecule has 5 nitrogen and oxygen atoms in total. The van der Waals surface area contributed by atoms with Crippen molar-refractivity contribution in [3.63, 3.8) is 0 Å². The molecule has 3 aromatic rings. The predicted octanol–water partition coefficient (Wildman–Crippen LogP) is 4.07. The van der Waals surface area contributed by atoms with Gasteiger partial charge in [-0.25, -0.2) is 0 Å². The van der Waals surface area contributed by atoms with Crippen LogP contribution < -0.4 is 10.2 Å². The minimum absolute atomic E-state index is 0.0419. The molecule has 1 saturated heterocycles. The molecule has 2 aromatic carbocycles. The maximum Gasteiger partial charge on any atom is 0.196 e. The zero-order valence-electron chi connectivity index (χ0n) is 14.1. The second-order valence-corrected chi connectivity index (χ2v) is 6.65. The third kappa shape index (κ3) is 1.95. The third-order valence-corrected chi connectivity index (χ3v) is 5.19. The summed E-state index contributed by atoms with van der Waals surface area (Å²) in [7, 11) is 0. The number of aromatic nitrogens is 1. The number of carbonyl (C=O) groups excluding carboxylic acids is 1. The lowest BCUT2D eigenvalue weighted by Gasteiger charge is -2.23. The number of carbonyl (C=O) groups is 1. The average molecular weight is 333 g/mol. The van der Waals surface area contributed by atoms with Crippen molar-refractivity contribution < 1.29 is 9.32 Å². The Bertz CT molecular complexity index is 1000. The molecule has 0 atom stereocenters. The van der Waals surface area contributed by atoms with Crippen LogP contribution in [0, 0.1) is 0 Å². The number of fused-ring (bicyclic) bond motifs is 2. The Balaban J connectivity index is 1.86. The van der Waals surface area contributed by atoms with Gasteiger partial charge in [-0.2, -0.15) is 0 Å². The molecular weight excluding hydrogens is 314 g/mol. The number of hydrogen-bond acceptors (Lipinski definition) is 5. The van der Waals surface area contributed by atoms with Crippen LogP contribution in [0.2, 0.25) is 0 Å². The SMILES string of the molecule is CCNc1cc(N2CCCC2)c2noc3c2c1C(=O)c1ccccc1-3. The molecule has 25 heavy (non-hydrogen) atoms. The second-order valence-electron chi connectivity index (χ2n) is 6.65. The van der Waals surface area contributed by atoms with Gasteiger partial charge in [0.2, 0.25) is 0 Å². The summed E-state index contributed by atoms with van der Waals surface area (Å²) in [5, 5.41) is 8.60. The molecule has 1 N–H and O–H groups in total. The lowest BCUT2D eigenvalue weighted by Crippen LogP contribution is -2.20. The van der Waals surface area contributed by atoms with E-state index in [4.69, 9.17) is 4.52 Å². The zero-order valence-corrected chi connectivity index (χ0v) is 14.1. The fraction of sp³-hybridized carbons (Fsp3) is 0.300. The minimum atomic E-state index is 0.0419. The molecule has 126 valence electrons. The highest BCUT2D eigenvalue weighted by molar-refractivity contribution is 6.28. The molecule has 0 spiro atoms. The van der Waals surface area contributed by atoms with E-state index in [2.05, 4.69) is 21.4 Å². The molecule has 1 aromatic heterocycles. The first kappa shape index (κ1) is 14.5. The van der Waals surface area contributed by atoms with E-state index in [1.165, 1.54) is 12.8 Å². The van der Waals surface area contributed by atoms with Crippen LogP contribution in [0.1, 0.15) is 35.7 Å². The summed E-state index contributed by atoms with van der Waals surface area (Å²) < 4.78 is 5.75. The van der Waals surface area contributed by atoms with Crippen LogP contribution in [0.15, 0.2) is 34.9 Å². The highest BCUT2D eigenvalue weighted by Gasteiger charge is 2.33. The van der Waals surface area contributed by atoms with Gasteiger partial charge < -0.3 is 14.7 Å². The minimum Gasteiger partial charge on any atom is -0.385 e. The van der Waals surface area contributed by atoms with Gasteiger partial charge >= 0.3 is 0 Å². The lowest BCUT2D eigenvalue weighted by molar-refractivity contribution is 0.104. The van der Waals surface area contributed by atoms with E-state index >= 15 is 0 Å². The molecule has 1 aliphatic heterocycles. The van der Waals surface area contributed by atoms with Gasteiger partial charge in [-0.15, -0.1) is 0 Å². The predicted molar refractivity (Wildman–Crippen MR) is 98.5 cm³/mol. The van der Waals surface area contributed by atoms with Crippen LogP contribution in [-0.2, 0) is 0 Å². The monoisotopic (exact) mass is 333 g/mol. The topological polar surface area (TPSA) is 58.4 Å². The van der Waals surface area contributed by atoms with E-state index < -0.39 is 0 Å². The number of rotatable bonds is 3. The summed E-state index contributed by atoms with van der Waals surface area (Å²) in [5.41, 5.74) is 4.95. The Morgan fingerprint density at radius 1 is 1.20 bits per heavy atom. The third-order valence-electron chi connectivity index (χ3n) is 5.19. The number of hydrogen-bond donors (Lipinski definition) is 1. The van der Waals surface area contributed by atoms with Crippen molar-refractivity contribution in [2.24, 2.45) is 0 Å². The van der Waals surface area contributed by atoms with E-state index in [1.54, 1.807) is 0 Å². The van der Waals surface area contributed by atoms with E-state index in [0.717, 1.165) is 47.5 Å². The zero-order chi connectivity index (χ0) is 17.0. The number of anilines is 2. The van der Waals surface area contributed by atoms with Crippen molar-refractivity contribution in [3.05, 3.63) is 41.5 Å². The highest BCUT2D eigenvalue weighted by atomic mass is 16.5. The van der Waals surface area contributed by atoms with Gasteiger partial charge in [-0.3, -0.25) is 4.79 Å². The molecule has 2 aliphatic rings. The Morgan fingerprint density at radius 3 is 2.72 bits per heavy atom. The molecule has 1 aliphatic carbocycles. The van der Waals surface area contributed by atoms with Crippen molar-refractivity contribution in [1.82, 2.24) is 5.16 Å². The van der Waals surface area contributed by atoms with Gasteiger partial charge in [0.05, 0.1) is 16.6 Å². The van der Waals surface area contributed by atoms with Crippen LogP contribution in [0.5, 0.6) is 0 Å². The summed E-state index contributed by atoms with van der Waals surface area (Å²) in [5.74, 6) is 0.751. The first-order valence-corrected chi connectivity index (χ1v) is 8.89. The Labute approximate surface area is 145 Å². The van der Waals surface area contributed by atoms with Gasteiger partial charge in [0.15, 0.2) is 11.5 Å². The van der Waals surface area contributed by atoms with Crippen molar-refractivity contribution in [2.45, 2.75) is 19.8 Å². The van der Waals surface area contributed by atoms with Gasteiger partial charge in [0.25, 0.3) is 0 Å². The molecule has 0 radical (unpaired) electrons. The van der Waals surface area contributed by atoms with Crippen LogP contribution in [0.25, 0.3) is 22.2 Å². The van der Waals surface area contributed by atoms with Crippen LogP contribution >= 0.6 is 0 Å². The van der Waals surface area contributed by atoms with E-state index in [0.29, 0.717) is 16.9 Å². The van der Waals surface area contributed by atoms with Gasteiger partial charge in [-0.1, -0.05) is 29.4 Å². The van der Waals surface area contributed by atoms with Gasteiger partial charge in [-0.05, 0) is 25.8 Å². The quantitative estimate of drug-likeness (QED) is 0.612. The number of ketones is 1. The summed E-state index contributed by atoms with van der Waals surface area (Å²) in [6.45, 7) is 4.84. The molecule has 5 rings (SSSR count). The fourth-order valence-electron chi connectivity index (χ4n) is 4.07. The van der Waals surface area contributed by atoms with Crippen molar-refractivity contribution in [3.8, 4) is 11.3 Å². The summed E-state index contributed by atoms with van der Waals surface area (Å²) in [6.07, 6.45) is 2.37. The standard InChI is InChI=1S/C20H19N3O2/c1-2-21-14-11-15(23-9-5-6-10-23)18-17-16(14)19(24)12-7-3-4-8-13(12)20(17)25-22-18/h3-4,7-8,11,21H,2,5-6,9-10H2,1H3. The van der Waals surface area contributed by atoms with E-state index in [9.17, 15) is 4.79 Å². The molecule has 0 bridgehead atoms. The Kier molecular flexibility index (Phi) is 3.10. The number of nitrogens with one attached hydrogen (secondary N) is 1. The molecule has 0 unspecified atom stereocenters. The normalized spacial score (nSPS) is 15.7. The maximum atomic E-state index is 13.2. The summed E-state index contributed by atoms with van der Waals surface area (Å²) >= 11 is 0. The summed E-state index contributed by atoms with van der Waals surface area (Å²) in [6, 6.07) is 9.69. The molecule has 0 amide bonds. The smallest absolute Gasteiger partial charge is 0.196 e. The van der Waals surface area contributed by atoms with Gasteiger partial charge in [0.1, 0.15) is 5.52 Å². The fourth-order valence-corrected chi connectivity index (χ4v) is 4.07. The first-order valence-electron chi connectivity index (χ1n) is 8.89. The maximum absolute atomic E-state index is 13.2.